The predicted octanol–water partition coefficient (Wildman–Crippen LogP) is 2.51. The van der Waals surface area contributed by atoms with Gasteiger partial charge in [-0.1, -0.05) is 11.6 Å². The maximum absolute atomic E-state index is 13.0. The number of nitrogens with zero attached hydrogens (tertiary/aromatic N) is 5. The van der Waals surface area contributed by atoms with Crippen molar-refractivity contribution in [3.8, 4) is 5.75 Å². The third kappa shape index (κ3) is 4.92. The average molecular weight is 459 g/mol. The normalized spacial score (nSPS) is 13.8. The zero-order valence-corrected chi connectivity index (χ0v) is 18.3. The first-order chi connectivity index (χ1) is 15.5. The molecule has 3 heterocycles. The van der Waals surface area contributed by atoms with Crippen LogP contribution in [0.1, 0.15) is 27.9 Å². The molecule has 0 spiro atoms. The van der Waals surface area contributed by atoms with E-state index in [1.165, 1.54) is 10.9 Å². The highest BCUT2D eigenvalue weighted by Gasteiger charge is 2.26. The van der Waals surface area contributed by atoms with Crippen LogP contribution in [0.3, 0.4) is 0 Å². The van der Waals surface area contributed by atoms with Crippen molar-refractivity contribution in [1.29, 1.82) is 0 Å². The van der Waals surface area contributed by atoms with Crippen molar-refractivity contribution in [2.24, 2.45) is 0 Å². The van der Waals surface area contributed by atoms with E-state index in [2.05, 4.69) is 15.5 Å². The lowest BCUT2D eigenvalue weighted by atomic mass is 10.2. The lowest BCUT2D eigenvalue weighted by Crippen LogP contribution is -2.41. The molecule has 0 radical (unpaired) electrons. The van der Waals surface area contributed by atoms with Crippen LogP contribution >= 0.6 is 11.6 Å². The molecule has 0 bridgehead atoms. The summed E-state index contributed by atoms with van der Waals surface area (Å²) < 4.78 is 14.0. The molecule has 0 unspecified atom stereocenters. The number of aromatic nitrogens is 4. The fraction of sp³-hybridized carbons (Fsp3) is 0.333. The number of ether oxygens (including phenoxy) is 2. The fourth-order valence-corrected chi connectivity index (χ4v) is 3.40. The number of nitrogens with one attached hydrogen (secondary N) is 1. The molecule has 2 aromatic heterocycles. The summed E-state index contributed by atoms with van der Waals surface area (Å²) in [5.41, 5.74) is 0.882. The minimum absolute atomic E-state index is 0.128. The highest BCUT2D eigenvalue weighted by atomic mass is 35.5. The Labute approximate surface area is 189 Å². The molecular weight excluding hydrogens is 436 g/mol. The summed E-state index contributed by atoms with van der Waals surface area (Å²) in [6.45, 7) is 4.49. The average Bonchev–Trinajstić information content (AvgIpc) is 3.46. The van der Waals surface area contributed by atoms with E-state index >= 15 is 0 Å². The minimum atomic E-state index is -0.443. The van der Waals surface area contributed by atoms with Gasteiger partial charge in [0.1, 0.15) is 11.4 Å². The maximum Gasteiger partial charge on any atom is 0.276 e. The predicted molar refractivity (Wildman–Crippen MR) is 117 cm³/mol. The van der Waals surface area contributed by atoms with Crippen LogP contribution < -0.4 is 10.1 Å². The van der Waals surface area contributed by atoms with Crippen molar-refractivity contribution in [3.05, 3.63) is 59.1 Å². The first-order valence-electron chi connectivity index (χ1n) is 10.2. The third-order valence-corrected chi connectivity index (χ3v) is 5.19. The van der Waals surface area contributed by atoms with Crippen molar-refractivity contribution in [1.82, 2.24) is 24.5 Å². The number of aryl methyl sites for hydroxylation is 1. The van der Waals surface area contributed by atoms with Gasteiger partial charge in [0, 0.05) is 30.9 Å². The highest BCUT2D eigenvalue weighted by Crippen LogP contribution is 2.20. The molecule has 1 saturated heterocycles. The number of anilines is 1. The van der Waals surface area contributed by atoms with E-state index in [0.717, 1.165) is 0 Å². The van der Waals surface area contributed by atoms with Gasteiger partial charge < -0.3 is 19.7 Å². The van der Waals surface area contributed by atoms with Gasteiger partial charge in [0.25, 0.3) is 11.8 Å². The number of carbonyl (C=O) groups is 2. The van der Waals surface area contributed by atoms with Gasteiger partial charge in [0.05, 0.1) is 25.1 Å². The lowest BCUT2D eigenvalue weighted by molar-refractivity contribution is 0.0295. The SMILES string of the molecule is CCn1ncc(NC(=O)c2ccn(COc3ccc(Cl)cc3)n2)c1C(=O)N1CCOCC1. The highest BCUT2D eigenvalue weighted by molar-refractivity contribution is 6.30. The molecule has 0 atom stereocenters. The van der Waals surface area contributed by atoms with Crippen LogP contribution in [0.5, 0.6) is 5.75 Å². The van der Waals surface area contributed by atoms with Crippen molar-refractivity contribution >= 4 is 29.1 Å². The molecule has 1 aromatic carbocycles. The molecule has 0 aliphatic carbocycles. The molecule has 1 aliphatic heterocycles. The van der Waals surface area contributed by atoms with Gasteiger partial charge in [-0.15, -0.1) is 0 Å². The second-order valence-electron chi connectivity index (χ2n) is 7.05. The standard InChI is InChI=1S/C21H23ClN6O4/c1-2-28-19(21(30)26-9-11-31-12-10-26)18(13-23-28)24-20(29)17-7-8-27(25-17)14-32-16-5-3-15(22)4-6-16/h3-8,13H,2,9-12,14H2,1H3,(H,24,29). The van der Waals surface area contributed by atoms with Crippen LogP contribution in [0.25, 0.3) is 0 Å². The topological polar surface area (TPSA) is 104 Å². The van der Waals surface area contributed by atoms with Crippen LogP contribution in [-0.4, -0.2) is 62.6 Å². The van der Waals surface area contributed by atoms with E-state index in [-0.39, 0.29) is 18.3 Å². The van der Waals surface area contributed by atoms with Gasteiger partial charge in [0.15, 0.2) is 12.4 Å². The van der Waals surface area contributed by atoms with Crippen LogP contribution in [0.4, 0.5) is 5.69 Å². The van der Waals surface area contributed by atoms with E-state index in [1.807, 2.05) is 6.92 Å². The second-order valence-corrected chi connectivity index (χ2v) is 7.49. The minimum Gasteiger partial charge on any atom is -0.471 e. The van der Waals surface area contributed by atoms with Gasteiger partial charge in [0.2, 0.25) is 0 Å². The number of amides is 2. The quantitative estimate of drug-likeness (QED) is 0.583. The zero-order chi connectivity index (χ0) is 22.5. The molecule has 168 valence electrons. The monoisotopic (exact) mass is 458 g/mol. The summed E-state index contributed by atoms with van der Waals surface area (Å²) >= 11 is 5.87. The first-order valence-corrected chi connectivity index (χ1v) is 10.6. The summed E-state index contributed by atoms with van der Waals surface area (Å²) in [5.74, 6) is 0.000848. The Kier molecular flexibility index (Phi) is 6.72. The Hall–Kier alpha value is -3.37. The molecule has 1 N–H and O–H groups in total. The summed E-state index contributed by atoms with van der Waals surface area (Å²) in [4.78, 5) is 27.5. The third-order valence-electron chi connectivity index (χ3n) is 4.94. The summed E-state index contributed by atoms with van der Waals surface area (Å²) in [7, 11) is 0. The van der Waals surface area contributed by atoms with Gasteiger partial charge in [-0.3, -0.25) is 14.3 Å². The van der Waals surface area contributed by atoms with Crippen molar-refractivity contribution in [2.75, 3.05) is 31.6 Å². The van der Waals surface area contributed by atoms with E-state index in [0.29, 0.717) is 55.0 Å². The molecule has 32 heavy (non-hydrogen) atoms. The molecule has 11 heteroatoms. The van der Waals surface area contributed by atoms with E-state index < -0.39 is 5.91 Å². The Morgan fingerprint density at radius 1 is 1.19 bits per heavy atom. The van der Waals surface area contributed by atoms with Gasteiger partial charge in [-0.2, -0.15) is 10.2 Å². The largest absolute Gasteiger partial charge is 0.471 e. The number of benzene rings is 1. The molecule has 0 saturated carbocycles. The molecule has 2 amide bonds. The van der Waals surface area contributed by atoms with Gasteiger partial charge >= 0.3 is 0 Å². The maximum atomic E-state index is 13.0. The zero-order valence-electron chi connectivity index (χ0n) is 17.5. The van der Waals surface area contributed by atoms with Crippen LogP contribution in [0, 0.1) is 0 Å². The second kappa shape index (κ2) is 9.84. The van der Waals surface area contributed by atoms with Crippen LogP contribution in [0.2, 0.25) is 5.02 Å². The van der Waals surface area contributed by atoms with Crippen molar-refractivity contribution in [2.45, 2.75) is 20.2 Å². The number of halogens is 1. The summed E-state index contributed by atoms with van der Waals surface area (Å²) in [5, 5.41) is 11.9. The number of carbonyl (C=O) groups excluding carboxylic acids is 2. The smallest absolute Gasteiger partial charge is 0.276 e. The van der Waals surface area contributed by atoms with E-state index in [9.17, 15) is 9.59 Å². The van der Waals surface area contributed by atoms with Crippen LogP contribution in [-0.2, 0) is 18.0 Å². The number of morpholine rings is 1. The summed E-state index contributed by atoms with van der Waals surface area (Å²) in [6.07, 6.45) is 3.12. The van der Waals surface area contributed by atoms with E-state index in [1.54, 1.807) is 46.1 Å². The molecule has 1 fully saturated rings. The molecule has 3 aromatic rings. The van der Waals surface area contributed by atoms with Crippen molar-refractivity contribution in [3.63, 3.8) is 0 Å². The molecular formula is C21H23ClN6O4. The molecule has 1 aliphatic rings. The van der Waals surface area contributed by atoms with Crippen molar-refractivity contribution < 1.29 is 19.1 Å². The van der Waals surface area contributed by atoms with Gasteiger partial charge in [-0.25, -0.2) is 4.68 Å². The van der Waals surface area contributed by atoms with Gasteiger partial charge in [-0.05, 0) is 37.3 Å². The van der Waals surface area contributed by atoms with Crippen LogP contribution in [0.15, 0.2) is 42.7 Å². The number of rotatable bonds is 7. The summed E-state index contributed by atoms with van der Waals surface area (Å²) in [6, 6.07) is 8.53. The number of hydrogen-bond donors (Lipinski definition) is 1. The molecule has 4 rings (SSSR count). The first kappa shape index (κ1) is 21.8. The Bertz CT molecular complexity index is 1090. The fourth-order valence-electron chi connectivity index (χ4n) is 3.27. The Morgan fingerprint density at radius 2 is 1.94 bits per heavy atom. The molecule has 10 nitrogen and oxygen atoms in total. The Balaban J connectivity index is 1.43. The van der Waals surface area contributed by atoms with E-state index in [4.69, 9.17) is 21.1 Å². The lowest BCUT2D eigenvalue weighted by Gasteiger charge is -2.27. The number of hydrogen-bond acceptors (Lipinski definition) is 6. The Morgan fingerprint density at radius 3 is 2.66 bits per heavy atom.